The maximum absolute atomic E-state index is 13.6. The first kappa shape index (κ1) is 27.5. The zero-order chi connectivity index (χ0) is 25.7. The van der Waals surface area contributed by atoms with Crippen LogP contribution in [0.4, 0.5) is 13.2 Å². The number of hydrogen-bond acceptors (Lipinski definition) is 8. The Labute approximate surface area is 198 Å². The van der Waals surface area contributed by atoms with Crippen molar-refractivity contribution in [2.24, 2.45) is 5.28 Å². The van der Waals surface area contributed by atoms with E-state index in [1.165, 1.54) is 12.1 Å². The van der Waals surface area contributed by atoms with E-state index in [0.29, 0.717) is 5.56 Å². The molecule has 1 heterocycles. The van der Waals surface area contributed by atoms with Gasteiger partial charge in [-0.05, 0) is 29.2 Å². The monoisotopic (exact) mass is 511 g/mol. The van der Waals surface area contributed by atoms with Gasteiger partial charge in [0.05, 0.1) is 23.8 Å². The van der Waals surface area contributed by atoms with Crippen molar-refractivity contribution in [3.8, 4) is 5.75 Å². The van der Waals surface area contributed by atoms with Crippen molar-refractivity contribution < 1.29 is 47.5 Å². The summed E-state index contributed by atoms with van der Waals surface area (Å²) in [4.78, 5) is 16.8. The molecule has 1 aliphatic heterocycles. The number of halogens is 4. The van der Waals surface area contributed by atoms with Gasteiger partial charge in [0.15, 0.2) is 0 Å². The molecule has 1 aromatic rings. The predicted molar refractivity (Wildman–Crippen MR) is 112 cm³/mol. The summed E-state index contributed by atoms with van der Waals surface area (Å²) >= 11 is 6.28. The van der Waals surface area contributed by atoms with Crippen molar-refractivity contribution in [1.82, 2.24) is 5.01 Å². The molecule has 0 bridgehead atoms. The third kappa shape index (κ3) is 6.87. The molecule has 34 heavy (non-hydrogen) atoms. The highest BCUT2D eigenvalue weighted by Gasteiger charge is 2.49. The fourth-order valence-electron chi connectivity index (χ4n) is 3.00. The lowest BCUT2D eigenvalue weighted by atomic mass is 9.85. The maximum Gasteiger partial charge on any atom is 0.430 e. The van der Waals surface area contributed by atoms with E-state index in [2.05, 4.69) is 14.9 Å². The van der Waals surface area contributed by atoms with Gasteiger partial charge in [0, 0.05) is 10.6 Å². The molecule has 2 N–H and O–H groups in total. The zero-order valence-corrected chi connectivity index (χ0v) is 19.4. The Morgan fingerprint density at radius 3 is 2.41 bits per heavy atom. The average Bonchev–Trinajstić information content (AvgIpc) is 2.73. The molecule has 1 aromatic carbocycles. The number of carbonyl (C=O) groups excluding carboxylic acids is 1. The largest absolute Gasteiger partial charge is 0.569 e. The number of rotatable bonds is 9. The van der Waals surface area contributed by atoms with Crippen molar-refractivity contribution >= 4 is 23.6 Å². The molecule has 0 fully saturated rings. The van der Waals surface area contributed by atoms with Crippen LogP contribution in [0.25, 0.3) is 6.08 Å². The summed E-state index contributed by atoms with van der Waals surface area (Å²) in [6.45, 7) is 3.35. The molecule has 0 saturated heterocycles. The van der Waals surface area contributed by atoms with Crippen molar-refractivity contribution in [1.29, 1.82) is 0 Å². The molecular formula is C20H25ClF3N3O7. The van der Waals surface area contributed by atoms with Gasteiger partial charge in [0.25, 0.3) is 6.79 Å². The molecule has 0 unspecified atom stereocenters. The lowest BCUT2D eigenvalue weighted by molar-refractivity contribution is -0.712. The Bertz CT molecular complexity index is 943. The normalized spacial score (nSPS) is 16.3. The van der Waals surface area contributed by atoms with Crippen molar-refractivity contribution in [3.63, 3.8) is 0 Å². The number of carbonyl (C=O) groups is 1. The van der Waals surface area contributed by atoms with Gasteiger partial charge in [-0.3, -0.25) is 0 Å². The number of hydrazine groups is 1. The number of aliphatic hydroxyl groups is 2. The summed E-state index contributed by atoms with van der Waals surface area (Å²) in [5.41, 5.74) is -0.580. The van der Waals surface area contributed by atoms with Crippen LogP contribution in [0.1, 0.15) is 31.9 Å². The summed E-state index contributed by atoms with van der Waals surface area (Å²) in [6.07, 6.45) is -6.56. The molecule has 0 aliphatic carbocycles. The van der Waals surface area contributed by atoms with Gasteiger partial charge in [-0.15, -0.1) is 5.01 Å². The van der Waals surface area contributed by atoms with Gasteiger partial charge < -0.3 is 29.7 Å². The number of esters is 1. The van der Waals surface area contributed by atoms with E-state index in [1.54, 1.807) is 0 Å². The first-order valence-electron chi connectivity index (χ1n) is 10.0. The SMILES string of the molecule is CC(C)(C)c1cc2c(cc1Cl)C=C(C(=O)OCO/N=[N+](\[O-])N(CCO)CCO)[C@@H](C(F)(F)F)O2. The second-order valence-corrected chi connectivity index (χ2v) is 8.58. The van der Waals surface area contributed by atoms with Crippen LogP contribution in [-0.4, -0.2) is 71.5 Å². The zero-order valence-electron chi connectivity index (χ0n) is 18.6. The Morgan fingerprint density at radius 1 is 1.26 bits per heavy atom. The van der Waals surface area contributed by atoms with Crippen LogP contribution < -0.4 is 4.74 Å². The molecule has 14 heteroatoms. The van der Waals surface area contributed by atoms with Gasteiger partial charge in [0.1, 0.15) is 18.8 Å². The molecule has 0 spiro atoms. The molecule has 1 atom stereocenters. The van der Waals surface area contributed by atoms with E-state index in [0.717, 1.165) is 11.1 Å². The molecule has 2 rings (SSSR count). The fourth-order valence-corrected chi connectivity index (χ4v) is 3.46. The summed E-state index contributed by atoms with van der Waals surface area (Å²) in [6, 6.07) is 2.81. The molecule has 10 nitrogen and oxygen atoms in total. The number of alkyl halides is 3. The quantitative estimate of drug-likeness (QED) is 0.129. The topological polar surface area (TPSA) is 127 Å². The number of nitrogens with zero attached hydrogens (tertiary/aromatic N) is 3. The van der Waals surface area contributed by atoms with Crippen molar-refractivity contribution in [2.45, 2.75) is 38.5 Å². The van der Waals surface area contributed by atoms with E-state index < -0.39 is 49.2 Å². The average molecular weight is 512 g/mol. The van der Waals surface area contributed by atoms with Crippen LogP contribution in [0.3, 0.4) is 0 Å². The maximum atomic E-state index is 13.6. The molecule has 190 valence electrons. The van der Waals surface area contributed by atoms with E-state index in [9.17, 15) is 23.2 Å². The Balaban J connectivity index is 2.21. The van der Waals surface area contributed by atoms with Crippen LogP contribution >= 0.6 is 11.6 Å². The first-order chi connectivity index (χ1) is 15.8. The molecule has 0 saturated carbocycles. The summed E-state index contributed by atoms with van der Waals surface area (Å²) < 4.78 is 50.7. The lowest BCUT2D eigenvalue weighted by Crippen LogP contribution is -2.41. The smallest absolute Gasteiger partial charge is 0.430 e. The molecule has 1 aliphatic rings. The lowest BCUT2D eigenvalue weighted by Gasteiger charge is -2.30. The van der Waals surface area contributed by atoms with Crippen molar-refractivity contribution in [2.75, 3.05) is 33.1 Å². The predicted octanol–water partition coefficient (Wildman–Crippen LogP) is 2.94. The molecule has 0 aromatic heterocycles. The van der Waals surface area contributed by atoms with Crippen LogP contribution in [0.5, 0.6) is 5.75 Å². The van der Waals surface area contributed by atoms with E-state index in [1.807, 2.05) is 20.8 Å². The number of aliphatic hydroxyl groups excluding tert-OH is 2. The number of fused-ring (bicyclic) bond motifs is 1. The minimum absolute atomic E-state index is 0.0886. The van der Waals surface area contributed by atoms with Crippen molar-refractivity contribution in [3.05, 3.63) is 39.1 Å². The third-order valence-corrected chi connectivity index (χ3v) is 4.92. The standard InChI is InChI=1S/C20H25ClF3N3O7/c1-19(2,3)14-10-16-12(9-15(14)21)8-13(17(34-16)20(22,23)24)18(30)32-11-33-25-27(31)26(4-6-28)5-7-29/h8-10,17,28-29H,4-7,11H2,1-3H3/b27-25-/t17-/m0/s1. The number of hydrogen-bond donors (Lipinski definition) is 2. The minimum atomic E-state index is -4.93. The third-order valence-electron chi connectivity index (χ3n) is 4.61. The Kier molecular flexibility index (Phi) is 8.97. The van der Waals surface area contributed by atoms with E-state index in [4.69, 9.17) is 26.6 Å². The summed E-state index contributed by atoms with van der Waals surface area (Å²) in [5.74, 6) is -1.49. The Morgan fingerprint density at radius 2 is 1.88 bits per heavy atom. The van der Waals surface area contributed by atoms with Crippen LogP contribution in [0.2, 0.25) is 5.02 Å². The van der Waals surface area contributed by atoms with Gasteiger partial charge in [0.2, 0.25) is 11.4 Å². The van der Waals surface area contributed by atoms with Gasteiger partial charge in [-0.25, -0.2) is 4.79 Å². The summed E-state index contributed by atoms with van der Waals surface area (Å²) in [5, 5.41) is 33.7. The minimum Gasteiger partial charge on any atom is -0.569 e. The highest BCUT2D eigenvalue weighted by atomic mass is 35.5. The second kappa shape index (κ2) is 11.1. The van der Waals surface area contributed by atoms with Crippen LogP contribution in [0, 0.1) is 5.21 Å². The van der Waals surface area contributed by atoms with E-state index >= 15 is 0 Å². The highest BCUT2D eigenvalue weighted by Crippen LogP contribution is 2.42. The highest BCUT2D eigenvalue weighted by molar-refractivity contribution is 6.31. The van der Waals surface area contributed by atoms with E-state index in [-0.39, 0.29) is 34.4 Å². The fraction of sp³-hybridized carbons (Fsp3) is 0.550. The summed E-state index contributed by atoms with van der Waals surface area (Å²) in [7, 11) is 0. The molecular weight excluding hydrogens is 487 g/mol. The first-order valence-corrected chi connectivity index (χ1v) is 10.4. The Hall–Kier alpha value is -2.77. The van der Waals surface area contributed by atoms with Gasteiger partial charge >= 0.3 is 12.1 Å². The number of ether oxygens (including phenoxy) is 2. The number of benzene rings is 1. The van der Waals surface area contributed by atoms with Gasteiger partial charge in [-0.1, -0.05) is 32.4 Å². The molecule has 0 amide bonds. The second-order valence-electron chi connectivity index (χ2n) is 8.17. The van der Waals surface area contributed by atoms with Crippen LogP contribution in [0.15, 0.2) is 23.0 Å². The van der Waals surface area contributed by atoms with Crippen LogP contribution in [-0.2, 0) is 19.8 Å². The molecule has 0 radical (unpaired) electrons. The van der Waals surface area contributed by atoms with Gasteiger partial charge in [-0.2, -0.15) is 13.2 Å².